The number of rotatable bonds is 8. The molecule has 0 fully saturated rings. The predicted molar refractivity (Wildman–Crippen MR) is 118 cm³/mol. The molecule has 0 radical (unpaired) electrons. The van der Waals surface area contributed by atoms with Crippen LogP contribution in [-0.4, -0.2) is 39.4 Å². The van der Waals surface area contributed by atoms with Crippen LogP contribution in [0.2, 0.25) is 0 Å². The second-order valence-electron chi connectivity index (χ2n) is 7.38. The molecule has 8 nitrogen and oxygen atoms in total. The van der Waals surface area contributed by atoms with Crippen molar-refractivity contribution in [1.29, 1.82) is 0 Å². The van der Waals surface area contributed by atoms with Crippen molar-refractivity contribution < 1.29 is 13.2 Å². The van der Waals surface area contributed by atoms with Gasteiger partial charge < -0.3 is 0 Å². The minimum atomic E-state index is -3.64. The van der Waals surface area contributed by atoms with Gasteiger partial charge in [-0.15, -0.1) is 0 Å². The minimum Gasteiger partial charge on any atom is -0.285 e. The first kappa shape index (κ1) is 21.8. The van der Waals surface area contributed by atoms with Crippen molar-refractivity contribution in [2.45, 2.75) is 40.0 Å². The van der Waals surface area contributed by atoms with Gasteiger partial charge in [0.25, 0.3) is 5.91 Å². The molecule has 0 bridgehead atoms. The fraction of sp³-hybridized carbons (Fsp3) is 0.381. The summed E-state index contributed by atoms with van der Waals surface area (Å²) in [4.78, 5) is 16.7. The zero-order chi connectivity index (χ0) is 21.9. The summed E-state index contributed by atoms with van der Waals surface area (Å²) in [5.74, 6) is 0.0124. The number of pyridine rings is 1. The Bertz CT molecular complexity index is 1200. The van der Waals surface area contributed by atoms with E-state index in [1.807, 2.05) is 44.6 Å². The summed E-state index contributed by atoms with van der Waals surface area (Å²) >= 11 is 0. The highest BCUT2D eigenvalue weighted by atomic mass is 32.2. The molecule has 0 aromatic carbocycles. The number of nitrogens with zero attached hydrogens (tertiary/aromatic N) is 4. The number of hydrogen-bond acceptors (Lipinski definition) is 5. The smallest absolute Gasteiger partial charge is 0.257 e. The number of fused-ring (bicyclic) bond motifs is 1. The Morgan fingerprint density at radius 2 is 2.03 bits per heavy atom. The molecule has 30 heavy (non-hydrogen) atoms. The van der Waals surface area contributed by atoms with Crippen LogP contribution < -0.4 is 4.72 Å². The van der Waals surface area contributed by atoms with Crippen molar-refractivity contribution in [3.8, 4) is 5.82 Å². The van der Waals surface area contributed by atoms with Crippen molar-refractivity contribution in [3.05, 3.63) is 47.4 Å². The van der Waals surface area contributed by atoms with Crippen molar-refractivity contribution in [3.63, 3.8) is 0 Å². The maximum absolute atomic E-state index is 12.2. The summed E-state index contributed by atoms with van der Waals surface area (Å²) in [7, 11) is -1.82. The summed E-state index contributed by atoms with van der Waals surface area (Å²) < 4.78 is 29.8. The number of aryl methyl sites for hydroxylation is 3. The Balaban J connectivity index is 1.88. The molecule has 0 saturated carbocycles. The lowest BCUT2D eigenvalue weighted by Gasteiger charge is -2.07. The first-order valence-electron chi connectivity index (χ1n) is 9.92. The van der Waals surface area contributed by atoms with Crippen LogP contribution in [-0.2, 0) is 21.9 Å². The van der Waals surface area contributed by atoms with Gasteiger partial charge in [-0.1, -0.05) is 19.8 Å². The monoisotopic (exact) mass is 429 g/mol. The van der Waals surface area contributed by atoms with Gasteiger partial charge in [-0.2, -0.15) is 5.10 Å². The van der Waals surface area contributed by atoms with Gasteiger partial charge in [0.05, 0.1) is 11.4 Å². The standard InChI is InChI=1S/C21H27N5O3S/c1-5-6-7-12-30(28,29)24-19(27)9-8-18-16(3)23-25(4)21(18)26-11-10-17-13-15(2)14-22-20(17)26/h8-11,13-14H,5-7,12H2,1-4H3,(H,24,27)/b9-8+. The average molecular weight is 430 g/mol. The second kappa shape index (κ2) is 8.83. The van der Waals surface area contributed by atoms with Crippen LogP contribution in [0, 0.1) is 13.8 Å². The van der Waals surface area contributed by atoms with Crippen LogP contribution in [0.4, 0.5) is 0 Å². The lowest BCUT2D eigenvalue weighted by molar-refractivity contribution is -0.114. The molecule has 3 aromatic rings. The van der Waals surface area contributed by atoms with Gasteiger partial charge in [0.1, 0.15) is 11.5 Å². The SMILES string of the molecule is CCCCCS(=O)(=O)NC(=O)/C=C/c1c(C)nn(C)c1-n1ccc2cc(C)cnc21. The number of nitrogens with one attached hydrogen (secondary N) is 1. The first-order valence-corrected chi connectivity index (χ1v) is 11.6. The summed E-state index contributed by atoms with van der Waals surface area (Å²) in [6, 6.07) is 4.02. The second-order valence-corrected chi connectivity index (χ2v) is 9.23. The van der Waals surface area contributed by atoms with Gasteiger partial charge >= 0.3 is 0 Å². The fourth-order valence-corrected chi connectivity index (χ4v) is 4.45. The highest BCUT2D eigenvalue weighted by Crippen LogP contribution is 2.24. The molecule has 0 atom stereocenters. The highest BCUT2D eigenvalue weighted by Gasteiger charge is 2.17. The van der Waals surface area contributed by atoms with E-state index in [1.165, 1.54) is 6.08 Å². The Hall–Kier alpha value is -2.94. The molecule has 160 valence electrons. The van der Waals surface area contributed by atoms with E-state index >= 15 is 0 Å². The number of hydrogen-bond donors (Lipinski definition) is 1. The molecule has 0 aliphatic heterocycles. The van der Waals surface area contributed by atoms with Crippen LogP contribution in [0.3, 0.4) is 0 Å². The van der Waals surface area contributed by atoms with E-state index in [2.05, 4.69) is 20.9 Å². The molecule has 1 amide bonds. The largest absolute Gasteiger partial charge is 0.285 e. The van der Waals surface area contributed by atoms with Gasteiger partial charge in [0.2, 0.25) is 10.0 Å². The minimum absolute atomic E-state index is 0.0575. The van der Waals surface area contributed by atoms with Crippen molar-refractivity contribution in [2.75, 3.05) is 5.75 Å². The Morgan fingerprint density at radius 3 is 2.77 bits per heavy atom. The molecule has 3 heterocycles. The molecule has 0 aliphatic rings. The number of sulfonamides is 1. The molecular weight excluding hydrogens is 402 g/mol. The summed E-state index contributed by atoms with van der Waals surface area (Å²) in [6.07, 6.45) is 8.78. The molecule has 3 rings (SSSR count). The number of carbonyl (C=O) groups excluding carboxylic acids is 1. The van der Waals surface area contributed by atoms with Gasteiger partial charge in [0.15, 0.2) is 0 Å². The van der Waals surface area contributed by atoms with Crippen molar-refractivity contribution >= 4 is 33.0 Å². The van der Waals surface area contributed by atoms with Gasteiger partial charge in [-0.3, -0.25) is 14.0 Å². The lowest BCUT2D eigenvalue weighted by Crippen LogP contribution is -2.31. The van der Waals surface area contributed by atoms with E-state index < -0.39 is 15.9 Å². The fourth-order valence-electron chi connectivity index (χ4n) is 3.39. The van der Waals surface area contributed by atoms with Gasteiger partial charge in [-0.05, 0) is 44.0 Å². The zero-order valence-corrected chi connectivity index (χ0v) is 18.5. The summed E-state index contributed by atoms with van der Waals surface area (Å²) in [6.45, 7) is 5.82. The number of amides is 1. The summed E-state index contributed by atoms with van der Waals surface area (Å²) in [5.41, 5.74) is 3.28. The maximum Gasteiger partial charge on any atom is 0.257 e. The van der Waals surface area contributed by atoms with Gasteiger partial charge in [0, 0.05) is 36.5 Å². The van der Waals surface area contributed by atoms with Crippen molar-refractivity contribution in [1.82, 2.24) is 24.1 Å². The molecule has 0 saturated heterocycles. The number of unbranched alkanes of at least 4 members (excludes halogenated alkanes) is 2. The molecule has 0 unspecified atom stereocenters. The Labute approximate surface area is 176 Å². The molecule has 0 spiro atoms. The third-order valence-electron chi connectivity index (χ3n) is 4.80. The highest BCUT2D eigenvalue weighted by molar-refractivity contribution is 7.90. The zero-order valence-electron chi connectivity index (χ0n) is 17.7. The maximum atomic E-state index is 12.2. The van der Waals surface area contributed by atoms with E-state index in [-0.39, 0.29) is 5.75 Å². The van der Waals surface area contributed by atoms with Crippen LogP contribution in [0.1, 0.15) is 43.0 Å². The molecule has 1 N–H and O–H groups in total. The van der Waals surface area contributed by atoms with E-state index in [0.29, 0.717) is 6.42 Å². The van der Waals surface area contributed by atoms with Gasteiger partial charge in [-0.25, -0.2) is 18.1 Å². The number of aromatic nitrogens is 4. The third kappa shape index (κ3) is 4.79. The first-order chi connectivity index (χ1) is 14.2. The van der Waals surface area contributed by atoms with E-state index in [1.54, 1.807) is 17.0 Å². The van der Waals surface area contributed by atoms with Crippen molar-refractivity contribution in [2.24, 2.45) is 7.05 Å². The molecule has 3 aromatic heterocycles. The number of carbonyl (C=O) groups is 1. The predicted octanol–water partition coefficient (Wildman–Crippen LogP) is 3.03. The molecule has 9 heteroatoms. The Morgan fingerprint density at radius 1 is 1.27 bits per heavy atom. The Kier molecular flexibility index (Phi) is 6.40. The third-order valence-corrected chi connectivity index (χ3v) is 6.14. The van der Waals surface area contributed by atoms with E-state index in [9.17, 15) is 13.2 Å². The normalized spacial score (nSPS) is 12.1. The topological polar surface area (TPSA) is 98.9 Å². The van der Waals surface area contributed by atoms with Crippen LogP contribution in [0.15, 0.2) is 30.6 Å². The molecular formula is C21H27N5O3S. The van der Waals surface area contributed by atoms with E-state index in [4.69, 9.17) is 0 Å². The summed E-state index contributed by atoms with van der Waals surface area (Å²) in [5, 5.41) is 5.46. The lowest BCUT2D eigenvalue weighted by atomic mass is 10.2. The van der Waals surface area contributed by atoms with Crippen LogP contribution in [0.25, 0.3) is 22.9 Å². The van der Waals surface area contributed by atoms with Crippen LogP contribution in [0.5, 0.6) is 0 Å². The molecule has 0 aliphatic carbocycles. The average Bonchev–Trinajstić information content (AvgIpc) is 3.18. The van der Waals surface area contributed by atoms with E-state index in [0.717, 1.165) is 46.5 Å². The quantitative estimate of drug-likeness (QED) is 0.438. The van der Waals surface area contributed by atoms with Crippen LogP contribution >= 0.6 is 0 Å².